The van der Waals surface area contributed by atoms with Crippen LogP contribution in [0.15, 0.2) is 10.5 Å². The molecular weight excluding hydrogens is 216 g/mol. The SMILES string of the molecule is COCc1cc(C(=O)Cl)oc1C(C)(C)C. The van der Waals surface area contributed by atoms with Crippen LogP contribution in [0.2, 0.25) is 0 Å². The normalized spacial score (nSPS) is 11.8. The van der Waals surface area contributed by atoms with Gasteiger partial charge < -0.3 is 9.15 Å². The summed E-state index contributed by atoms with van der Waals surface area (Å²) < 4.78 is 10.5. The molecule has 3 nitrogen and oxygen atoms in total. The number of carbonyl (C=O) groups is 1. The molecule has 0 aliphatic rings. The second kappa shape index (κ2) is 4.37. The van der Waals surface area contributed by atoms with E-state index >= 15 is 0 Å². The van der Waals surface area contributed by atoms with Crippen molar-refractivity contribution in [2.45, 2.75) is 32.8 Å². The van der Waals surface area contributed by atoms with E-state index in [4.69, 9.17) is 20.8 Å². The Morgan fingerprint density at radius 3 is 2.53 bits per heavy atom. The maximum atomic E-state index is 11.0. The van der Waals surface area contributed by atoms with Crippen molar-refractivity contribution in [2.75, 3.05) is 7.11 Å². The molecule has 0 amide bonds. The summed E-state index contributed by atoms with van der Waals surface area (Å²) >= 11 is 5.37. The van der Waals surface area contributed by atoms with Gasteiger partial charge in [-0.15, -0.1) is 0 Å². The number of rotatable bonds is 3. The van der Waals surface area contributed by atoms with Crippen molar-refractivity contribution in [2.24, 2.45) is 0 Å². The van der Waals surface area contributed by atoms with E-state index in [2.05, 4.69) is 0 Å². The highest BCUT2D eigenvalue weighted by molar-refractivity contribution is 6.67. The van der Waals surface area contributed by atoms with Gasteiger partial charge >= 0.3 is 0 Å². The summed E-state index contributed by atoms with van der Waals surface area (Å²) in [5.74, 6) is 0.919. The minimum absolute atomic E-state index is 0.168. The molecule has 0 N–H and O–H groups in total. The molecule has 84 valence electrons. The quantitative estimate of drug-likeness (QED) is 0.749. The number of carbonyl (C=O) groups excluding carboxylic acids is 1. The molecule has 0 saturated carbocycles. The molecule has 0 aliphatic carbocycles. The van der Waals surface area contributed by atoms with Crippen LogP contribution in [0.1, 0.15) is 42.6 Å². The van der Waals surface area contributed by atoms with E-state index in [9.17, 15) is 4.79 Å². The summed E-state index contributed by atoms with van der Waals surface area (Å²) in [4.78, 5) is 11.0. The van der Waals surface area contributed by atoms with Gasteiger partial charge in [0, 0.05) is 18.1 Å². The van der Waals surface area contributed by atoms with Crippen LogP contribution in [0.4, 0.5) is 0 Å². The van der Waals surface area contributed by atoms with E-state index in [1.54, 1.807) is 13.2 Å². The minimum Gasteiger partial charge on any atom is -0.456 e. The molecule has 0 bridgehead atoms. The first kappa shape index (κ1) is 12.3. The number of ether oxygens (including phenoxy) is 1. The third-order valence-electron chi connectivity index (χ3n) is 1.98. The first-order valence-electron chi connectivity index (χ1n) is 4.68. The first-order valence-corrected chi connectivity index (χ1v) is 5.06. The molecule has 0 spiro atoms. The van der Waals surface area contributed by atoms with Crippen LogP contribution in [-0.2, 0) is 16.8 Å². The van der Waals surface area contributed by atoms with Gasteiger partial charge in [0.15, 0.2) is 5.76 Å². The third kappa shape index (κ3) is 2.83. The summed E-state index contributed by atoms with van der Waals surface area (Å²) in [7, 11) is 1.60. The standard InChI is InChI=1S/C11H15ClO3/c1-11(2,3)9-7(6-14-4)5-8(15-9)10(12)13/h5H,6H2,1-4H3. The van der Waals surface area contributed by atoms with E-state index in [-0.39, 0.29) is 11.2 Å². The fraction of sp³-hybridized carbons (Fsp3) is 0.545. The van der Waals surface area contributed by atoms with E-state index in [0.717, 1.165) is 11.3 Å². The summed E-state index contributed by atoms with van der Waals surface area (Å²) in [6.07, 6.45) is 0. The highest BCUT2D eigenvalue weighted by Gasteiger charge is 2.25. The Bertz CT molecular complexity index is 360. The topological polar surface area (TPSA) is 39.4 Å². The maximum absolute atomic E-state index is 11.0. The predicted molar refractivity (Wildman–Crippen MR) is 58.3 cm³/mol. The van der Waals surface area contributed by atoms with Crippen molar-refractivity contribution in [3.63, 3.8) is 0 Å². The molecule has 0 unspecified atom stereocenters. The molecule has 15 heavy (non-hydrogen) atoms. The van der Waals surface area contributed by atoms with E-state index in [1.807, 2.05) is 20.8 Å². The van der Waals surface area contributed by atoms with Crippen LogP contribution in [0.25, 0.3) is 0 Å². The lowest BCUT2D eigenvalue weighted by Crippen LogP contribution is -2.12. The van der Waals surface area contributed by atoms with Gasteiger partial charge in [0.1, 0.15) is 5.76 Å². The Morgan fingerprint density at radius 1 is 1.53 bits per heavy atom. The Morgan fingerprint density at radius 2 is 2.13 bits per heavy atom. The summed E-state index contributed by atoms with van der Waals surface area (Å²) in [6, 6.07) is 1.64. The van der Waals surface area contributed by atoms with Gasteiger partial charge in [-0.2, -0.15) is 0 Å². The fourth-order valence-electron chi connectivity index (χ4n) is 1.42. The molecule has 0 saturated heterocycles. The molecule has 0 aliphatic heterocycles. The molecule has 1 aromatic rings. The van der Waals surface area contributed by atoms with Crippen molar-refractivity contribution in [1.29, 1.82) is 0 Å². The molecule has 1 rings (SSSR count). The van der Waals surface area contributed by atoms with Crippen molar-refractivity contribution < 1.29 is 13.9 Å². The van der Waals surface area contributed by atoms with E-state index < -0.39 is 5.24 Å². The van der Waals surface area contributed by atoms with Crippen LogP contribution < -0.4 is 0 Å². The van der Waals surface area contributed by atoms with Gasteiger partial charge in [0.2, 0.25) is 0 Å². The number of hydrogen-bond acceptors (Lipinski definition) is 3. The highest BCUT2D eigenvalue weighted by Crippen LogP contribution is 2.29. The van der Waals surface area contributed by atoms with Crippen LogP contribution >= 0.6 is 11.6 Å². The third-order valence-corrected chi connectivity index (χ3v) is 2.17. The van der Waals surface area contributed by atoms with Crippen LogP contribution in [0.3, 0.4) is 0 Å². The number of halogens is 1. The monoisotopic (exact) mass is 230 g/mol. The van der Waals surface area contributed by atoms with Gasteiger partial charge in [-0.05, 0) is 17.7 Å². The molecule has 0 aromatic carbocycles. The zero-order chi connectivity index (χ0) is 11.6. The molecule has 0 fully saturated rings. The van der Waals surface area contributed by atoms with Gasteiger partial charge in [0.05, 0.1) is 6.61 Å². The molecule has 0 atom stereocenters. The number of methoxy groups -OCH3 is 1. The average Bonchev–Trinajstić information content (AvgIpc) is 2.48. The lowest BCUT2D eigenvalue weighted by atomic mass is 9.91. The fourth-order valence-corrected chi connectivity index (χ4v) is 1.52. The molecule has 0 radical (unpaired) electrons. The minimum atomic E-state index is -0.581. The Kier molecular flexibility index (Phi) is 3.58. The maximum Gasteiger partial charge on any atom is 0.287 e. The molecule has 1 aromatic heterocycles. The lowest BCUT2D eigenvalue weighted by molar-refractivity contribution is 0.105. The van der Waals surface area contributed by atoms with Gasteiger partial charge in [-0.1, -0.05) is 20.8 Å². The summed E-state index contributed by atoms with van der Waals surface area (Å²) in [5.41, 5.74) is 0.701. The predicted octanol–water partition coefficient (Wildman–Crippen LogP) is 3.10. The Hall–Kier alpha value is -0.800. The second-order valence-electron chi connectivity index (χ2n) is 4.42. The van der Waals surface area contributed by atoms with Gasteiger partial charge in [-0.25, -0.2) is 0 Å². The van der Waals surface area contributed by atoms with Crippen LogP contribution in [-0.4, -0.2) is 12.4 Å². The largest absolute Gasteiger partial charge is 0.456 e. The average molecular weight is 231 g/mol. The molecule has 4 heteroatoms. The van der Waals surface area contributed by atoms with Crippen molar-refractivity contribution in [3.05, 3.63) is 23.2 Å². The zero-order valence-corrected chi connectivity index (χ0v) is 10.1. The first-order chi connectivity index (χ1) is 6.86. The smallest absolute Gasteiger partial charge is 0.287 e. The summed E-state index contributed by atoms with van der Waals surface area (Å²) in [5, 5.41) is -0.581. The number of furan rings is 1. The van der Waals surface area contributed by atoms with Crippen LogP contribution in [0.5, 0.6) is 0 Å². The van der Waals surface area contributed by atoms with Crippen molar-refractivity contribution in [1.82, 2.24) is 0 Å². The Labute approximate surface area is 94.4 Å². The molecular formula is C11H15ClO3. The van der Waals surface area contributed by atoms with Crippen molar-refractivity contribution >= 4 is 16.8 Å². The van der Waals surface area contributed by atoms with Crippen molar-refractivity contribution in [3.8, 4) is 0 Å². The van der Waals surface area contributed by atoms with Crippen LogP contribution in [0, 0.1) is 0 Å². The highest BCUT2D eigenvalue weighted by atomic mass is 35.5. The number of hydrogen-bond donors (Lipinski definition) is 0. The van der Waals surface area contributed by atoms with Gasteiger partial charge in [0.25, 0.3) is 5.24 Å². The molecule has 1 heterocycles. The van der Waals surface area contributed by atoms with E-state index in [0.29, 0.717) is 6.61 Å². The zero-order valence-electron chi connectivity index (χ0n) is 9.39. The lowest BCUT2D eigenvalue weighted by Gasteiger charge is -2.16. The second-order valence-corrected chi connectivity index (χ2v) is 4.77. The Balaban J connectivity index is 3.17. The van der Waals surface area contributed by atoms with E-state index in [1.165, 1.54) is 0 Å². The van der Waals surface area contributed by atoms with Gasteiger partial charge in [-0.3, -0.25) is 4.79 Å². The summed E-state index contributed by atoms with van der Waals surface area (Å²) in [6.45, 7) is 6.44.